The number of amides is 1. The van der Waals surface area contributed by atoms with Gasteiger partial charge in [-0.2, -0.15) is 0 Å². The number of anilines is 1. The quantitative estimate of drug-likeness (QED) is 0.769. The Hall–Kier alpha value is -1.98. The van der Waals surface area contributed by atoms with Crippen LogP contribution in [-0.2, 0) is 9.59 Å². The lowest BCUT2D eigenvalue weighted by Gasteiger charge is -2.05. The SMILES string of the molecule is O=C(O)CCCCC(=O)Nc1cc(F)cc(F)c1. The zero-order valence-corrected chi connectivity index (χ0v) is 9.58. The molecule has 0 aliphatic heterocycles. The van der Waals surface area contributed by atoms with E-state index in [1.165, 1.54) is 0 Å². The highest BCUT2D eigenvalue weighted by Crippen LogP contribution is 2.13. The van der Waals surface area contributed by atoms with E-state index in [9.17, 15) is 18.4 Å². The number of benzene rings is 1. The number of hydrogen-bond acceptors (Lipinski definition) is 2. The van der Waals surface area contributed by atoms with Gasteiger partial charge in [0.2, 0.25) is 5.91 Å². The van der Waals surface area contributed by atoms with Crippen LogP contribution in [0.2, 0.25) is 0 Å². The summed E-state index contributed by atoms with van der Waals surface area (Å²) in [5.41, 5.74) is 0.0516. The van der Waals surface area contributed by atoms with Gasteiger partial charge in [0.05, 0.1) is 0 Å². The summed E-state index contributed by atoms with van der Waals surface area (Å²) >= 11 is 0. The van der Waals surface area contributed by atoms with Crippen molar-refractivity contribution in [3.8, 4) is 0 Å². The number of carboxylic acid groups (broad SMARTS) is 1. The maximum atomic E-state index is 12.8. The van der Waals surface area contributed by atoms with E-state index in [0.29, 0.717) is 18.9 Å². The Balaban J connectivity index is 2.37. The molecular formula is C12H13F2NO3. The van der Waals surface area contributed by atoms with Crippen LogP contribution in [0.1, 0.15) is 25.7 Å². The van der Waals surface area contributed by atoms with Crippen molar-refractivity contribution in [2.75, 3.05) is 5.32 Å². The standard InChI is InChI=1S/C12H13F2NO3/c13-8-5-9(14)7-10(6-8)15-11(16)3-1-2-4-12(17)18/h5-7H,1-4H2,(H,15,16)(H,17,18). The second-order valence-electron chi connectivity index (χ2n) is 3.81. The first-order valence-corrected chi connectivity index (χ1v) is 5.45. The first kappa shape index (κ1) is 14.1. The summed E-state index contributed by atoms with van der Waals surface area (Å²) in [6, 6.07) is 2.74. The van der Waals surface area contributed by atoms with Crippen LogP contribution in [0.5, 0.6) is 0 Å². The van der Waals surface area contributed by atoms with Crippen molar-refractivity contribution < 1.29 is 23.5 Å². The minimum Gasteiger partial charge on any atom is -0.481 e. The fourth-order valence-electron chi connectivity index (χ4n) is 1.41. The average Bonchev–Trinajstić information content (AvgIpc) is 2.22. The second kappa shape index (κ2) is 6.68. The van der Waals surface area contributed by atoms with Crippen LogP contribution in [0.3, 0.4) is 0 Å². The van der Waals surface area contributed by atoms with Crippen LogP contribution in [0.4, 0.5) is 14.5 Å². The summed E-state index contributed by atoms with van der Waals surface area (Å²) in [6.07, 6.45) is 0.920. The maximum Gasteiger partial charge on any atom is 0.303 e. The number of carboxylic acids is 1. The van der Waals surface area contributed by atoms with Gasteiger partial charge >= 0.3 is 5.97 Å². The van der Waals surface area contributed by atoms with E-state index >= 15 is 0 Å². The van der Waals surface area contributed by atoms with Crippen molar-refractivity contribution >= 4 is 17.6 Å². The zero-order valence-electron chi connectivity index (χ0n) is 9.58. The molecule has 0 atom stereocenters. The zero-order chi connectivity index (χ0) is 13.5. The second-order valence-corrected chi connectivity index (χ2v) is 3.81. The van der Waals surface area contributed by atoms with Crippen LogP contribution in [0, 0.1) is 11.6 Å². The van der Waals surface area contributed by atoms with Crippen molar-refractivity contribution in [2.24, 2.45) is 0 Å². The molecule has 0 fully saturated rings. The van der Waals surface area contributed by atoms with E-state index in [2.05, 4.69) is 5.32 Å². The molecule has 0 bridgehead atoms. The van der Waals surface area contributed by atoms with Crippen LogP contribution >= 0.6 is 0 Å². The molecule has 0 aliphatic carbocycles. The van der Waals surface area contributed by atoms with Gasteiger partial charge in [-0.05, 0) is 25.0 Å². The fourth-order valence-corrected chi connectivity index (χ4v) is 1.41. The molecule has 1 amide bonds. The molecule has 0 unspecified atom stereocenters. The number of unbranched alkanes of at least 4 members (excludes halogenated alkanes) is 1. The van der Waals surface area contributed by atoms with E-state index in [-0.39, 0.29) is 18.5 Å². The first-order chi connectivity index (χ1) is 8.47. The topological polar surface area (TPSA) is 66.4 Å². The number of hydrogen-bond donors (Lipinski definition) is 2. The lowest BCUT2D eigenvalue weighted by atomic mass is 10.2. The Morgan fingerprint density at radius 2 is 1.61 bits per heavy atom. The van der Waals surface area contributed by atoms with Crippen molar-refractivity contribution in [3.05, 3.63) is 29.8 Å². The molecule has 0 aliphatic rings. The normalized spacial score (nSPS) is 10.1. The predicted octanol–water partition coefficient (Wildman–Crippen LogP) is 2.55. The minimum absolute atomic E-state index is 0.00186. The lowest BCUT2D eigenvalue weighted by molar-refractivity contribution is -0.137. The number of halogens is 2. The van der Waals surface area contributed by atoms with E-state index in [1.54, 1.807) is 0 Å². The van der Waals surface area contributed by atoms with Gasteiger partial charge in [-0.3, -0.25) is 9.59 Å². The summed E-state index contributed by atoms with van der Waals surface area (Å²) < 4.78 is 25.6. The lowest BCUT2D eigenvalue weighted by Crippen LogP contribution is -2.11. The van der Waals surface area contributed by atoms with Crippen molar-refractivity contribution in [1.29, 1.82) is 0 Å². The van der Waals surface area contributed by atoms with Crippen molar-refractivity contribution in [2.45, 2.75) is 25.7 Å². The number of aliphatic carboxylic acids is 1. The van der Waals surface area contributed by atoms with E-state index < -0.39 is 23.5 Å². The Kier molecular flexibility index (Phi) is 5.23. The van der Waals surface area contributed by atoms with Gasteiger partial charge in [0, 0.05) is 24.6 Å². The van der Waals surface area contributed by atoms with Gasteiger partial charge in [0.25, 0.3) is 0 Å². The number of nitrogens with one attached hydrogen (secondary N) is 1. The highest BCUT2D eigenvalue weighted by atomic mass is 19.1. The Labute approximate surface area is 103 Å². The third-order valence-electron chi connectivity index (χ3n) is 2.19. The van der Waals surface area contributed by atoms with Gasteiger partial charge in [-0.1, -0.05) is 0 Å². The van der Waals surface area contributed by atoms with Gasteiger partial charge in [-0.25, -0.2) is 8.78 Å². The van der Waals surface area contributed by atoms with E-state index in [0.717, 1.165) is 12.1 Å². The maximum absolute atomic E-state index is 12.8. The molecule has 18 heavy (non-hydrogen) atoms. The van der Waals surface area contributed by atoms with Gasteiger partial charge < -0.3 is 10.4 Å². The smallest absolute Gasteiger partial charge is 0.303 e. The molecular weight excluding hydrogens is 244 g/mol. The molecule has 98 valence electrons. The first-order valence-electron chi connectivity index (χ1n) is 5.45. The number of carbonyl (C=O) groups excluding carboxylic acids is 1. The number of rotatable bonds is 6. The molecule has 0 saturated carbocycles. The van der Waals surface area contributed by atoms with Gasteiger partial charge in [0.1, 0.15) is 11.6 Å². The largest absolute Gasteiger partial charge is 0.481 e. The molecule has 0 saturated heterocycles. The van der Waals surface area contributed by atoms with E-state index in [4.69, 9.17) is 5.11 Å². The molecule has 1 rings (SSSR count). The molecule has 1 aromatic carbocycles. The summed E-state index contributed by atoms with van der Waals surface area (Å²) in [7, 11) is 0. The summed E-state index contributed by atoms with van der Waals surface area (Å²) in [4.78, 5) is 21.6. The molecule has 0 spiro atoms. The number of carbonyl (C=O) groups is 2. The van der Waals surface area contributed by atoms with E-state index in [1.807, 2.05) is 0 Å². The van der Waals surface area contributed by atoms with Crippen molar-refractivity contribution in [3.63, 3.8) is 0 Å². The van der Waals surface area contributed by atoms with Gasteiger partial charge in [0.15, 0.2) is 0 Å². The summed E-state index contributed by atoms with van der Waals surface area (Å²) in [5, 5.41) is 10.7. The molecule has 0 heterocycles. The fraction of sp³-hybridized carbons (Fsp3) is 0.333. The highest BCUT2D eigenvalue weighted by Gasteiger charge is 2.06. The average molecular weight is 257 g/mol. The Morgan fingerprint density at radius 1 is 1.06 bits per heavy atom. The molecule has 2 N–H and O–H groups in total. The predicted molar refractivity (Wildman–Crippen MR) is 61.1 cm³/mol. The molecule has 6 heteroatoms. The van der Waals surface area contributed by atoms with Crippen LogP contribution < -0.4 is 5.32 Å². The molecule has 4 nitrogen and oxygen atoms in total. The summed E-state index contributed by atoms with van der Waals surface area (Å²) in [6.45, 7) is 0. The Bertz CT molecular complexity index is 429. The third kappa shape index (κ3) is 5.38. The molecule has 0 aromatic heterocycles. The minimum atomic E-state index is -0.914. The molecule has 1 aromatic rings. The third-order valence-corrected chi connectivity index (χ3v) is 2.19. The van der Waals surface area contributed by atoms with Crippen LogP contribution in [-0.4, -0.2) is 17.0 Å². The van der Waals surface area contributed by atoms with Crippen LogP contribution in [0.25, 0.3) is 0 Å². The van der Waals surface area contributed by atoms with Gasteiger partial charge in [-0.15, -0.1) is 0 Å². The van der Waals surface area contributed by atoms with Crippen LogP contribution in [0.15, 0.2) is 18.2 Å². The highest BCUT2D eigenvalue weighted by molar-refractivity contribution is 5.90. The van der Waals surface area contributed by atoms with Crippen molar-refractivity contribution in [1.82, 2.24) is 0 Å². The summed E-state index contributed by atoms with van der Waals surface area (Å²) in [5.74, 6) is -2.85. The monoisotopic (exact) mass is 257 g/mol. The molecule has 0 radical (unpaired) electrons. The Morgan fingerprint density at radius 3 is 2.17 bits per heavy atom.